The van der Waals surface area contributed by atoms with Crippen LogP contribution in [0.25, 0.3) is 11.1 Å². The Kier molecular flexibility index (Phi) is 2.88. The summed E-state index contributed by atoms with van der Waals surface area (Å²) in [6.07, 6.45) is 0. The van der Waals surface area contributed by atoms with E-state index in [4.69, 9.17) is 5.73 Å². The number of phenols is 1. The van der Waals surface area contributed by atoms with Gasteiger partial charge in [0.2, 0.25) is 0 Å². The van der Waals surface area contributed by atoms with Gasteiger partial charge in [0.05, 0.1) is 0 Å². The van der Waals surface area contributed by atoms with Gasteiger partial charge in [-0.2, -0.15) is 0 Å². The lowest BCUT2D eigenvalue weighted by Gasteiger charge is -2.08. The maximum absolute atomic E-state index is 12.8. The average Bonchev–Trinajstić information content (AvgIpc) is 2.31. The largest absolute Gasteiger partial charge is 0.507 e. The second kappa shape index (κ2) is 4.33. The van der Waals surface area contributed by atoms with Gasteiger partial charge in [-0.1, -0.05) is 30.3 Å². The first-order valence-corrected chi connectivity index (χ1v) is 4.99. The Bertz CT molecular complexity index is 494. The van der Waals surface area contributed by atoms with E-state index in [2.05, 4.69) is 0 Å². The molecule has 0 amide bonds. The maximum atomic E-state index is 12.8. The van der Waals surface area contributed by atoms with Crippen molar-refractivity contribution in [2.24, 2.45) is 5.73 Å². The van der Waals surface area contributed by atoms with E-state index >= 15 is 0 Å². The first kappa shape index (κ1) is 10.6. The summed E-state index contributed by atoms with van der Waals surface area (Å²) in [5.74, 6) is -0.130. The molecule has 0 heterocycles. The van der Waals surface area contributed by atoms with Crippen LogP contribution in [0.3, 0.4) is 0 Å². The molecular weight excluding hydrogens is 205 g/mol. The smallest absolute Gasteiger partial charge is 0.127 e. The van der Waals surface area contributed by atoms with Gasteiger partial charge in [-0.3, -0.25) is 0 Å². The molecule has 0 bridgehead atoms. The van der Waals surface area contributed by atoms with Crippen molar-refractivity contribution in [1.29, 1.82) is 0 Å². The highest BCUT2D eigenvalue weighted by Gasteiger charge is 2.07. The Balaban J connectivity index is 2.51. The summed E-state index contributed by atoms with van der Waals surface area (Å²) in [5.41, 5.74) is 7.63. The Morgan fingerprint density at radius 1 is 1.06 bits per heavy atom. The standard InChI is InChI=1S/C13H12FNO/c14-11-6-4-9(5-7-11)12-3-1-2-10(8-15)13(12)16/h1-7,16H,8,15H2. The number of halogens is 1. The summed E-state index contributed by atoms with van der Waals surface area (Å²) in [6, 6.07) is 11.4. The van der Waals surface area contributed by atoms with Gasteiger partial charge in [0.15, 0.2) is 0 Å². The van der Waals surface area contributed by atoms with Crippen molar-refractivity contribution >= 4 is 0 Å². The lowest BCUT2D eigenvalue weighted by atomic mass is 10.0. The van der Waals surface area contributed by atoms with Crippen molar-refractivity contribution in [1.82, 2.24) is 0 Å². The summed E-state index contributed by atoms with van der Waals surface area (Å²) in [4.78, 5) is 0. The fraction of sp³-hybridized carbons (Fsp3) is 0.0769. The fourth-order valence-corrected chi connectivity index (χ4v) is 1.62. The number of aromatic hydroxyl groups is 1. The zero-order chi connectivity index (χ0) is 11.5. The molecule has 2 aromatic carbocycles. The molecule has 2 aromatic rings. The number of rotatable bonds is 2. The highest BCUT2D eigenvalue weighted by atomic mass is 19.1. The zero-order valence-electron chi connectivity index (χ0n) is 8.65. The number of hydrogen-bond donors (Lipinski definition) is 2. The molecule has 0 aromatic heterocycles. The van der Waals surface area contributed by atoms with Crippen LogP contribution in [-0.4, -0.2) is 5.11 Å². The number of hydrogen-bond acceptors (Lipinski definition) is 2. The number of benzene rings is 2. The molecule has 0 aliphatic rings. The molecule has 2 rings (SSSR count). The van der Waals surface area contributed by atoms with E-state index < -0.39 is 0 Å². The van der Waals surface area contributed by atoms with Crippen LogP contribution in [0.4, 0.5) is 4.39 Å². The number of para-hydroxylation sites is 1. The van der Waals surface area contributed by atoms with E-state index in [0.717, 1.165) is 5.56 Å². The molecule has 0 saturated heterocycles. The van der Waals surface area contributed by atoms with E-state index in [9.17, 15) is 9.50 Å². The van der Waals surface area contributed by atoms with Crippen LogP contribution in [0.1, 0.15) is 5.56 Å². The monoisotopic (exact) mass is 217 g/mol. The van der Waals surface area contributed by atoms with Crippen LogP contribution in [0, 0.1) is 5.82 Å². The first-order chi connectivity index (χ1) is 7.72. The lowest BCUT2D eigenvalue weighted by Crippen LogP contribution is -1.97. The Morgan fingerprint density at radius 2 is 1.75 bits per heavy atom. The van der Waals surface area contributed by atoms with Crippen LogP contribution >= 0.6 is 0 Å². The van der Waals surface area contributed by atoms with Gasteiger partial charge >= 0.3 is 0 Å². The lowest BCUT2D eigenvalue weighted by molar-refractivity contribution is 0.470. The summed E-state index contributed by atoms with van der Waals surface area (Å²) in [7, 11) is 0. The maximum Gasteiger partial charge on any atom is 0.127 e. The van der Waals surface area contributed by atoms with E-state index in [1.807, 2.05) is 6.07 Å². The second-order valence-electron chi connectivity index (χ2n) is 3.52. The van der Waals surface area contributed by atoms with Gasteiger partial charge in [0.25, 0.3) is 0 Å². The molecule has 3 heteroatoms. The molecule has 0 unspecified atom stereocenters. The Labute approximate surface area is 93.2 Å². The van der Waals surface area contributed by atoms with Crippen molar-refractivity contribution in [2.75, 3.05) is 0 Å². The van der Waals surface area contributed by atoms with Gasteiger partial charge in [0, 0.05) is 17.7 Å². The summed E-state index contributed by atoms with van der Waals surface area (Å²) in [5, 5.41) is 9.94. The van der Waals surface area contributed by atoms with Crippen LogP contribution in [0.2, 0.25) is 0 Å². The third-order valence-electron chi connectivity index (χ3n) is 2.49. The molecule has 0 aliphatic heterocycles. The SMILES string of the molecule is NCc1cccc(-c2ccc(F)cc2)c1O. The van der Waals surface area contributed by atoms with Crippen molar-refractivity contribution < 1.29 is 9.50 Å². The molecule has 82 valence electrons. The predicted molar refractivity (Wildman–Crippen MR) is 61.4 cm³/mol. The second-order valence-corrected chi connectivity index (χ2v) is 3.52. The molecule has 16 heavy (non-hydrogen) atoms. The van der Waals surface area contributed by atoms with Crippen LogP contribution in [-0.2, 0) is 6.54 Å². The van der Waals surface area contributed by atoms with E-state index in [0.29, 0.717) is 11.1 Å². The quantitative estimate of drug-likeness (QED) is 0.812. The summed E-state index contributed by atoms with van der Waals surface area (Å²) < 4.78 is 12.8. The summed E-state index contributed by atoms with van der Waals surface area (Å²) >= 11 is 0. The van der Waals surface area contributed by atoms with Crippen molar-refractivity contribution in [3.8, 4) is 16.9 Å². The molecule has 0 atom stereocenters. The Hall–Kier alpha value is -1.87. The molecule has 0 saturated carbocycles. The van der Waals surface area contributed by atoms with Crippen LogP contribution in [0.15, 0.2) is 42.5 Å². The third kappa shape index (κ3) is 1.90. The van der Waals surface area contributed by atoms with E-state index in [1.54, 1.807) is 24.3 Å². The van der Waals surface area contributed by atoms with Gasteiger partial charge < -0.3 is 10.8 Å². The van der Waals surface area contributed by atoms with Gasteiger partial charge in [-0.25, -0.2) is 4.39 Å². The van der Waals surface area contributed by atoms with Crippen LogP contribution < -0.4 is 5.73 Å². The van der Waals surface area contributed by atoms with Crippen LogP contribution in [0.5, 0.6) is 5.75 Å². The molecule has 0 spiro atoms. The highest BCUT2D eigenvalue weighted by molar-refractivity contribution is 5.71. The molecule has 2 nitrogen and oxygen atoms in total. The minimum absolute atomic E-state index is 0.164. The average molecular weight is 217 g/mol. The summed E-state index contributed by atoms with van der Waals surface area (Å²) in [6.45, 7) is 0.279. The molecule has 3 N–H and O–H groups in total. The van der Waals surface area contributed by atoms with Crippen molar-refractivity contribution in [3.63, 3.8) is 0 Å². The van der Waals surface area contributed by atoms with Gasteiger partial charge in [0.1, 0.15) is 11.6 Å². The molecular formula is C13H12FNO. The van der Waals surface area contributed by atoms with Gasteiger partial charge in [-0.15, -0.1) is 0 Å². The molecule has 0 radical (unpaired) electrons. The highest BCUT2D eigenvalue weighted by Crippen LogP contribution is 2.31. The molecule has 0 fully saturated rings. The predicted octanol–water partition coefficient (Wildman–Crippen LogP) is 2.66. The number of phenolic OH excluding ortho intramolecular Hbond substituents is 1. The zero-order valence-corrected chi connectivity index (χ0v) is 8.65. The van der Waals surface area contributed by atoms with Gasteiger partial charge in [-0.05, 0) is 17.7 Å². The topological polar surface area (TPSA) is 46.2 Å². The minimum atomic E-state index is -0.293. The van der Waals surface area contributed by atoms with E-state index in [-0.39, 0.29) is 18.1 Å². The number of nitrogens with two attached hydrogens (primary N) is 1. The van der Waals surface area contributed by atoms with E-state index in [1.165, 1.54) is 12.1 Å². The fourth-order valence-electron chi connectivity index (χ4n) is 1.62. The Morgan fingerprint density at radius 3 is 2.38 bits per heavy atom. The minimum Gasteiger partial charge on any atom is -0.507 e. The molecule has 0 aliphatic carbocycles. The normalized spacial score (nSPS) is 10.4. The van der Waals surface area contributed by atoms with Crippen molar-refractivity contribution in [2.45, 2.75) is 6.54 Å². The first-order valence-electron chi connectivity index (χ1n) is 4.99. The third-order valence-corrected chi connectivity index (χ3v) is 2.49. The van der Waals surface area contributed by atoms with Crippen molar-refractivity contribution in [3.05, 3.63) is 53.8 Å².